The second-order valence-corrected chi connectivity index (χ2v) is 10.8. The molecule has 14 heteroatoms. The van der Waals surface area contributed by atoms with Gasteiger partial charge >= 0.3 is 6.18 Å². The molecule has 3 fully saturated rings. The molecule has 176 valence electrons. The lowest BCUT2D eigenvalue weighted by atomic mass is 9.66. The Bertz CT molecular complexity index is 1390. The number of hydrogen-bond acceptors (Lipinski definition) is 7. The molecule has 1 aromatic carbocycles. The molecule has 9 nitrogen and oxygen atoms in total. The number of imidazole rings is 1. The molecule has 0 unspecified atom stereocenters. The van der Waals surface area contributed by atoms with Gasteiger partial charge in [0.05, 0.1) is 10.7 Å². The molecule has 3 aliphatic carbocycles. The summed E-state index contributed by atoms with van der Waals surface area (Å²) in [6.45, 7) is 0.0165. The van der Waals surface area contributed by atoms with Crippen LogP contribution >= 0.6 is 11.6 Å². The number of aliphatic hydroxyl groups is 1. The average Bonchev–Trinajstić information content (AvgIpc) is 3.38. The van der Waals surface area contributed by atoms with Crippen molar-refractivity contribution in [1.29, 1.82) is 0 Å². The van der Waals surface area contributed by atoms with Gasteiger partial charge in [-0.05, 0) is 43.2 Å². The van der Waals surface area contributed by atoms with Gasteiger partial charge in [-0.25, -0.2) is 18.1 Å². The zero-order chi connectivity index (χ0) is 23.8. The Kier molecular flexibility index (Phi) is 4.74. The van der Waals surface area contributed by atoms with E-state index in [1.54, 1.807) is 0 Å². The van der Waals surface area contributed by atoms with E-state index in [0.29, 0.717) is 24.8 Å². The predicted octanol–water partition coefficient (Wildman–Crippen LogP) is 2.63. The molecule has 0 saturated heterocycles. The summed E-state index contributed by atoms with van der Waals surface area (Å²) < 4.78 is 69.0. The molecule has 2 bridgehead atoms. The molecular formula is C19H18ClF3N6O3S. The molecule has 3 aliphatic rings. The number of nitrogens with zero attached hydrogens (tertiary/aromatic N) is 4. The van der Waals surface area contributed by atoms with Gasteiger partial charge in [-0.1, -0.05) is 17.7 Å². The van der Waals surface area contributed by atoms with E-state index in [4.69, 9.17) is 17.3 Å². The van der Waals surface area contributed by atoms with Gasteiger partial charge in [-0.15, -0.1) is 0 Å². The summed E-state index contributed by atoms with van der Waals surface area (Å²) in [4.78, 5) is 10.5. The zero-order valence-electron chi connectivity index (χ0n) is 16.9. The van der Waals surface area contributed by atoms with Gasteiger partial charge in [-0.2, -0.15) is 23.1 Å². The van der Waals surface area contributed by atoms with E-state index >= 15 is 0 Å². The molecule has 0 spiro atoms. The monoisotopic (exact) mass is 502 g/mol. The Labute approximate surface area is 190 Å². The number of hydrogen-bond donors (Lipinski definition) is 3. The minimum atomic E-state index is -4.80. The molecule has 6 rings (SSSR count). The zero-order valence-corrected chi connectivity index (χ0v) is 18.5. The van der Waals surface area contributed by atoms with Crippen molar-refractivity contribution in [1.82, 2.24) is 24.1 Å². The molecule has 0 radical (unpaired) electrons. The molecule has 4 N–H and O–H groups in total. The van der Waals surface area contributed by atoms with Crippen molar-refractivity contribution in [3.63, 3.8) is 0 Å². The smallest absolute Gasteiger partial charge is 0.396 e. The lowest BCUT2D eigenvalue weighted by molar-refractivity contribution is -0.144. The van der Waals surface area contributed by atoms with Gasteiger partial charge in [0, 0.05) is 23.9 Å². The van der Waals surface area contributed by atoms with Crippen molar-refractivity contribution in [2.45, 2.75) is 42.3 Å². The van der Waals surface area contributed by atoms with Crippen molar-refractivity contribution in [3.8, 4) is 11.3 Å². The summed E-state index contributed by atoms with van der Waals surface area (Å²) in [5.41, 5.74) is 5.23. The minimum Gasteiger partial charge on any atom is -0.396 e. The molecule has 3 saturated carbocycles. The normalized spacial score (nSPS) is 24.9. The first-order valence-electron chi connectivity index (χ1n) is 9.90. The van der Waals surface area contributed by atoms with Crippen molar-refractivity contribution in [3.05, 3.63) is 35.2 Å². The van der Waals surface area contributed by atoms with Crippen LogP contribution in [0.2, 0.25) is 5.02 Å². The van der Waals surface area contributed by atoms with Crippen LogP contribution in [0.3, 0.4) is 0 Å². The first kappa shape index (κ1) is 22.3. The average molecular weight is 503 g/mol. The Morgan fingerprint density at radius 1 is 1.21 bits per heavy atom. The predicted molar refractivity (Wildman–Crippen MR) is 112 cm³/mol. The van der Waals surface area contributed by atoms with Crippen LogP contribution in [-0.4, -0.2) is 45.0 Å². The number of nitrogens with one attached hydrogen (secondary N) is 1. The Morgan fingerprint density at radius 3 is 2.58 bits per heavy atom. The van der Waals surface area contributed by atoms with Crippen LogP contribution in [-0.2, 0) is 16.2 Å². The van der Waals surface area contributed by atoms with Gasteiger partial charge in [-0.3, -0.25) is 4.40 Å². The fourth-order valence-electron chi connectivity index (χ4n) is 4.93. The number of aromatic nitrogens is 4. The quantitative estimate of drug-likeness (QED) is 0.488. The van der Waals surface area contributed by atoms with E-state index in [1.165, 1.54) is 24.4 Å². The van der Waals surface area contributed by atoms with E-state index < -0.39 is 33.5 Å². The van der Waals surface area contributed by atoms with Crippen LogP contribution in [0.15, 0.2) is 29.3 Å². The highest BCUT2D eigenvalue weighted by Gasteiger charge is 2.61. The van der Waals surface area contributed by atoms with Gasteiger partial charge in [0.15, 0.2) is 0 Å². The highest BCUT2D eigenvalue weighted by molar-refractivity contribution is 7.89. The van der Waals surface area contributed by atoms with E-state index in [0.717, 1.165) is 10.8 Å². The third kappa shape index (κ3) is 3.63. The molecular weight excluding hydrogens is 485 g/mol. The maximum atomic E-state index is 13.1. The van der Waals surface area contributed by atoms with Gasteiger partial charge in [0.2, 0.25) is 27.6 Å². The van der Waals surface area contributed by atoms with E-state index in [2.05, 4.69) is 19.7 Å². The van der Waals surface area contributed by atoms with Crippen molar-refractivity contribution < 1.29 is 26.7 Å². The van der Waals surface area contributed by atoms with E-state index in [-0.39, 0.29) is 33.4 Å². The summed E-state index contributed by atoms with van der Waals surface area (Å²) in [6, 6.07) is 4.16. The molecule has 0 amide bonds. The van der Waals surface area contributed by atoms with Gasteiger partial charge in [0.25, 0.3) is 0 Å². The van der Waals surface area contributed by atoms with Crippen molar-refractivity contribution >= 4 is 33.4 Å². The van der Waals surface area contributed by atoms with Crippen molar-refractivity contribution in [2.75, 3.05) is 12.3 Å². The molecule has 3 aromatic rings. The number of rotatable bonds is 5. The first-order chi connectivity index (χ1) is 15.4. The number of alkyl halides is 3. The van der Waals surface area contributed by atoms with Crippen LogP contribution in [0, 0.1) is 5.41 Å². The topological polar surface area (TPSA) is 135 Å². The number of nitrogens with two attached hydrogens (primary N) is 1. The minimum absolute atomic E-state index is 0.0165. The van der Waals surface area contributed by atoms with Crippen LogP contribution in [0.4, 0.5) is 19.1 Å². The maximum absolute atomic E-state index is 13.1. The van der Waals surface area contributed by atoms with E-state index in [9.17, 15) is 26.7 Å². The van der Waals surface area contributed by atoms with Crippen molar-refractivity contribution in [2.24, 2.45) is 5.41 Å². The fraction of sp³-hybridized carbons (Fsp3) is 0.421. The van der Waals surface area contributed by atoms with Crippen LogP contribution in [0.25, 0.3) is 17.0 Å². The third-order valence-corrected chi connectivity index (χ3v) is 8.44. The number of halogens is 4. The number of anilines is 1. The number of sulfonamides is 1. The highest BCUT2D eigenvalue weighted by atomic mass is 35.5. The van der Waals surface area contributed by atoms with Gasteiger partial charge < -0.3 is 10.8 Å². The summed E-state index contributed by atoms with van der Waals surface area (Å²) in [6.07, 6.45) is -1.02. The maximum Gasteiger partial charge on any atom is 0.451 e. The number of aliphatic hydroxyl groups excluding tert-OH is 1. The first-order valence-corrected chi connectivity index (χ1v) is 11.8. The largest absolute Gasteiger partial charge is 0.451 e. The summed E-state index contributed by atoms with van der Waals surface area (Å²) in [7, 11) is -4.02. The number of benzene rings is 1. The Morgan fingerprint density at radius 2 is 1.94 bits per heavy atom. The lowest BCUT2D eigenvalue weighted by Crippen LogP contribution is -2.56. The van der Waals surface area contributed by atoms with Gasteiger partial charge in [0.1, 0.15) is 4.90 Å². The van der Waals surface area contributed by atoms with Crippen LogP contribution < -0.4 is 10.5 Å². The van der Waals surface area contributed by atoms with E-state index in [1.807, 2.05) is 0 Å². The highest BCUT2D eigenvalue weighted by Crippen LogP contribution is 2.61. The SMILES string of the molecule is Nc1nc(C(F)(F)F)nc2nc(-c3ccc(Cl)c(S(=O)(=O)NC45CCC(CO)(C4)C5)c3)cn12. The fourth-order valence-corrected chi connectivity index (χ4v) is 6.89. The Hall–Kier alpha value is -2.48. The second-order valence-electron chi connectivity index (χ2n) is 8.74. The Balaban J connectivity index is 1.50. The molecule has 0 aliphatic heterocycles. The molecule has 2 aromatic heterocycles. The lowest BCUT2D eigenvalue weighted by Gasteiger charge is -2.46. The number of nitrogen functional groups attached to an aromatic ring is 1. The molecule has 33 heavy (non-hydrogen) atoms. The van der Waals surface area contributed by atoms with Crippen LogP contribution in [0.1, 0.15) is 31.5 Å². The molecule has 2 heterocycles. The summed E-state index contributed by atoms with van der Waals surface area (Å²) in [5, 5.41) is 9.53. The molecule has 0 atom stereocenters. The number of fused-ring (bicyclic) bond motifs is 2. The summed E-state index contributed by atoms with van der Waals surface area (Å²) >= 11 is 6.19. The second kappa shape index (κ2) is 7.01. The third-order valence-electron chi connectivity index (χ3n) is 6.38. The standard InChI is InChI=1S/C19H18ClF3N6O3S/c20-11-2-1-10(12-6-29-15(24)26-14(19(21,22)23)27-16(29)25-12)5-13(11)33(31,32)28-18-4-3-17(7-18,8-18)9-30/h1-2,5-6,28,30H,3-4,7-9H2,(H2,24,25,26,27). The van der Waals surface area contributed by atoms with Crippen LogP contribution in [0.5, 0.6) is 0 Å². The summed E-state index contributed by atoms with van der Waals surface area (Å²) in [5.74, 6) is -2.22.